The van der Waals surface area contributed by atoms with E-state index < -0.39 is 0 Å². The van der Waals surface area contributed by atoms with Crippen molar-refractivity contribution >= 4 is 6.29 Å². The summed E-state index contributed by atoms with van der Waals surface area (Å²) >= 11 is 0. The summed E-state index contributed by atoms with van der Waals surface area (Å²) in [5.74, 6) is 0.746. The highest BCUT2D eigenvalue weighted by Gasteiger charge is 2.14. The zero-order chi connectivity index (χ0) is 17.6. The molecule has 0 bridgehead atoms. The van der Waals surface area contributed by atoms with Crippen LogP contribution in [0.5, 0.6) is 11.5 Å². The Kier molecular flexibility index (Phi) is 5.03. The Balaban J connectivity index is 1.90. The number of ether oxygens (including phenoxy) is 2. The molecule has 0 unspecified atom stereocenters. The molecule has 0 spiro atoms. The van der Waals surface area contributed by atoms with Crippen LogP contribution in [0.25, 0.3) is 11.4 Å². The van der Waals surface area contributed by atoms with Gasteiger partial charge in [-0.15, -0.1) is 0 Å². The van der Waals surface area contributed by atoms with Gasteiger partial charge in [0.1, 0.15) is 12.2 Å². The van der Waals surface area contributed by atoms with Crippen molar-refractivity contribution in [3.05, 3.63) is 54.1 Å². The summed E-state index contributed by atoms with van der Waals surface area (Å²) in [7, 11) is 1.49. The third-order valence-electron chi connectivity index (χ3n) is 3.79. The maximum Gasteiger partial charge on any atom is 0.157 e. The molecule has 128 valence electrons. The van der Waals surface area contributed by atoms with Crippen molar-refractivity contribution < 1.29 is 14.3 Å². The van der Waals surface area contributed by atoms with E-state index in [4.69, 9.17) is 9.47 Å². The molecule has 0 aliphatic rings. The lowest BCUT2D eigenvalue weighted by atomic mass is 10.1. The van der Waals surface area contributed by atoms with Gasteiger partial charge in [0.05, 0.1) is 30.9 Å². The number of hydrogen-bond donors (Lipinski definition) is 0. The Morgan fingerprint density at radius 3 is 2.80 bits per heavy atom. The number of rotatable bonds is 7. The van der Waals surface area contributed by atoms with Gasteiger partial charge >= 0.3 is 0 Å². The molecule has 7 nitrogen and oxygen atoms in total. The van der Waals surface area contributed by atoms with Crippen LogP contribution in [0.15, 0.2) is 43.0 Å². The van der Waals surface area contributed by atoms with Crippen LogP contribution in [0, 0.1) is 0 Å². The fraction of sp³-hybridized carbons (Fsp3) is 0.222. The Morgan fingerprint density at radius 1 is 1.20 bits per heavy atom. The van der Waals surface area contributed by atoms with Crippen molar-refractivity contribution in [1.82, 2.24) is 19.7 Å². The molecule has 3 aromatic heterocycles. The first-order valence-corrected chi connectivity index (χ1v) is 7.84. The quantitative estimate of drug-likeness (QED) is 0.616. The van der Waals surface area contributed by atoms with Gasteiger partial charge in [0.15, 0.2) is 17.8 Å². The summed E-state index contributed by atoms with van der Waals surface area (Å²) in [6, 6.07) is 5.70. The Morgan fingerprint density at radius 2 is 2.04 bits per heavy atom. The van der Waals surface area contributed by atoms with Crippen molar-refractivity contribution in [2.45, 2.75) is 20.1 Å². The number of carbonyl (C=O) groups is 1. The Hall–Kier alpha value is -3.22. The fourth-order valence-electron chi connectivity index (χ4n) is 2.55. The number of nitrogens with zero attached hydrogens (tertiary/aromatic N) is 4. The molecule has 0 atom stereocenters. The number of aromatic nitrogens is 4. The average molecular weight is 338 g/mol. The molecule has 0 saturated carbocycles. The second kappa shape index (κ2) is 7.57. The maximum absolute atomic E-state index is 11.3. The molecule has 0 amide bonds. The van der Waals surface area contributed by atoms with Crippen LogP contribution in [-0.2, 0) is 13.2 Å². The van der Waals surface area contributed by atoms with Crippen LogP contribution in [0.4, 0.5) is 0 Å². The lowest BCUT2D eigenvalue weighted by Crippen LogP contribution is -2.06. The van der Waals surface area contributed by atoms with Gasteiger partial charge in [-0.3, -0.25) is 19.4 Å². The van der Waals surface area contributed by atoms with E-state index in [1.54, 1.807) is 12.4 Å². The second-order valence-corrected chi connectivity index (χ2v) is 5.20. The summed E-state index contributed by atoms with van der Waals surface area (Å²) < 4.78 is 12.8. The van der Waals surface area contributed by atoms with E-state index in [-0.39, 0.29) is 6.61 Å². The molecular weight excluding hydrogens is 320 g/mol. The molecular formula is C18H18N4O3. The molecule has 0 aliphatic heterocycles. The van der Waals surface area contributed by atoms with E-state index >= 15 is 0 Å². The summed E-state index contributed by atoms with van der Waals surface area (Å²) in [4.78, 5) is 19.8. The van der Waals surface area contributed by atoms with E-state index in [0.717, 1.165) is 23.5 Å². The molecule has 3 aromatic rings. The van der Waals surface area contributed by atoms with E-state index in [9.17, 15) is 4.79 Å². The van der Waals surface area contributed by atoms with E-state index in [1.165, 1.54) is 19.5 Å². The van der Waals surface area contributed by atoms with Crippen LogP contribution < -0.4 is 9.47 Å². The van der Waals surface area contributed by atoms with Gasteiger partial charge in [0.2, 0.25) is 0 Å². The standard InChI is InChI=1S/C18H18N4O3/c1-3-22-15(6-8-21-22)18-13(5-4-7-20-18)12-25-17-10-19-9-16(24-2)14(17)11-23/h4-11H,3,12H2,1-2H3. The fourth-order valence-corrected chi connectivity index (χ4v) is 2.55. The zero-order valence-corrected chi connectivity index (χ0v) is 14.0. The monoisotopic (exact) mass is 338 g/mol. The number of aldehydes is 1. The number of methoxy groups -OCH3 is 1. The highest BCUT2D eigenvalue weighted by molar-refractivity contribution is 5.83. The molecule has 7 heteroatoms. The molecule has 3 rings (SSSR count). The lowest BCUT2D eigenvalue weighted by Gasteiger charge is -2.13. The molecule has 0 aliphatic carbocycles. The minimum Gasteiger partial charge on any atom is -0.494 e. The third kappa shape index (κ3) is 3.35. The van der Waals surface area contributed by atoms with Gasteiger partial charge in [-0.05, 0) is 19.1 Å². The van der Waals surface area contributed by atoms with Crippen LogP contribution in [0.3, 0.4) is 0 Å². The van der Waals surface area contributed by atoms with Crippen molar-refractivity contribution in [3.8, 4) is 22.9 Å². The third-order valence-corrected chi connectivity index (χ3v) is 3.79. The SMILES string of the molecule is CCn1nccc1-c1ncccc1COc1cncc(OC)c1C=O. The van der Waals surface area contributed by atoms with Crippen LogP contribution in [0.1, 0.15) is 22.8 Å². The van der Waals surface area contributed by atoms with Gasteiger partial charge in [-0.25, -0.2) is 0 Å². The Bertz CT molecular complexity index is 876. The summed E-state index contributed by atoms with van der Waals surface area (Å²) in [6.45, 7) is 3.01. The van der Waals surface area contributed by atoms with Gasteiger partial charge in [0, 0.05) is 24.5 Å². The van der Waals surface area contributed by atoms with Crippen LogP contribution in [0.2, 0.25) is 0 Å². The molecule has 0 aromatic carbocycles. The molecule has 0 fully saturated rings. The first-order valence-electron chi connectivity index (χ1n) is 7.84. The Labute approximate surface area is 145 Å². The molecule has 0 saturated heterocycles. The van der Waals surface area contributed by atoms with Crippen LogP contribution >= 0.6 is 0 Å². The van der Waals surface area contributed by atoms with Gasteiger partial charge in [-0.1, -0.05) is 6.07 Å². The number of carbonyl (C=O) groups excluding carboxylic acids is 1. The summed E-state index contributed by atoms with van der Waals surface area (Å²) in [5.41, 5.74) is 2.94. The summed E-state index contributed by atoms with van der Waals surface area (Å²) in [5, 5.41) is 4.28. The minimum atomic E-state index is 0.244. The van der Waals surface area contributed by atoms with Gasteiger partial charge in [-0.2, -0.15) is 5.10 Å². The number of pyridine rings is 2. The van der Waals surface area contributed by atoms with Crippen LogP contribution in [-0.4, -0.2) is 33.1 Å². The highest BCUT2D eigenvalue weighted by atomic mass is 16.5. The molecule has 3 heterocycles. The van der Waals surface area contributed by atoms with Crippen molar-refractivity contribution in [3.63, 3.8) is 0 Å². The minimum absolute atomic E-state index is 0.244. The number of aryl methyl sites for hydroxylation is 1. The van der Waals surface area contributed by atoms with E-state index in [2.05, 4.69) is 15.1 Å². The maximum atomic E-state index is 11.3. The van der Waals surface area contributed by atoms with Crippen molar-refractivity contribution in [2.24, 2.45) is 0 Å². The smallest absolute Gasteiger partial charge is 0.157 e. The first-order chi connectivity index (χ1) is 12.3. The first kappa shape index (κ1) is 16.6. The zero-order valence-electron chi connectivity index (χ0n) is 14.0. The van der Waals surface area contributed by atoms with E-state index in [1.807, 2.05) is 29.8 Å². The topological polar surface area (TPSA) is 79.1 Å². The molecule has 0 N–H and O–H groups in total. The predicted octanol–water partition coefficient (Wildman–Crippen LogP) is 2.76. The summed E-state index contributed by atoms with van der Waals surface area (Å²) in [6.07, 6.45) is 7.15. The molecule has 0 radical (unpaired) electrons. The van der Waals surface area contributed by atoms with Crippen molar-refractivity contribution in [1.29, 1.82) is 0 Å². The second-order valence-electron chi connectivity index (χ2n) is 5.20. The highest BCUT2D eigenvalue weighted by Crippen LogP contribution is 2.27. The van der Waals surface area contributed by atoms with Crippen molar-refractivity contribution in [2.75, 3.05) is 7.11 Å². The van der Waals surface area contributed by atoms with Gasteiger partial charge in [0.25, 0.3) is 0 Å². The van der Waals surface area contributed by atoms with E-state index in [0.29, 0.717) is 23.3 Å². The van der Waals surface area contributed by atoms with Gasteiger partial charge < -0.3 is 9.47 Å². The average Bonchev–Trinajstić information content (AvgIpc) is 3.14. The predicted molar refractivity (Wildman–Crippen MR) is 91.6 cm³/mol. The normalized spacial score (nSPS) is 10.5. The number of hydrogen-bond acceptors (Lipinski definition) is 6. The molecule has 25 heavy (non-hydrogen) atoms. The largest absolute Gasteiger partial charge is 0.494 e. The lowest BCUT2D eigenvalue weighted by molar-refractivity contribution is 0.111.